The predicted molar refractivity (Wildman–Crippen MR) is 123 cm³/mol. The lowest BCUT2D eigenvalue weighted by atomic mass is 10.2. The first-order chi connectivity index (χ1) is 12.1. The van der Waals surface area contributed by atoms with Gasteiger partial charge < -0.3 is 25.3 Å². The van der Waals surface area contributed by atoms with Crippen LogP contribution in [0, 0.1) is 0 Å². The van der Waals surface area contributed by atoms with E-state index in [-0.39, 0.29) is 24.0 Å². The highest BCUT2D eigenvalue weighted by Gasteiger charge is 2.15. The number of amides is 1. The predicted octanol–water partition coefficient (Wildman–Crippen LogP) is 3.92. The van der Waals surface area contributed by atoms with Crippen molar-refractivity contribution in [2.45, 2.75) is 46.3 Å². The molecule has 1 rings (SSSR count). The molecule has 0 saturated heterocycles. The first kappa shape index (κ1) is 26.1. The molecule has 0 unspecified atom stereocenters. The maximum Gasteiger partial charge on any atom is 0.407 e. The van der Waals surface area contributed by atoms with E-state index in [1.807, 2.05) is 45.4 Å². The molecular formula is C17H30Cl2IN5O2. The molecule has 1 heterocycles. The number of carbonyl (C=O) groups excluding carboxylic acids is 1. The number of carbonyl (C=O) groups is 1. The van der Waals surface area contributed by atoms with Gasteiger partial charge in [-0.1, -0.05) is 23.2 Å². The van der Waals surface area contributed by atoms with Crippen molar-refractivity contribution in [2.75, 3.05) is 19.6 Å². The number of rotatable bonds is 7. The van der Waals surface area contributed by atoms with Gasteiger partial charge in [0.1, 0.15) is 10.8 Å². The summed E-state index contributed by atoms with van der Waals surface area (Å²) in [6, 6.07) is 1.81. The van der Waals surface area contributed by atoms with Gasteiger partial charge in [0.2, 0.25) is 0 Å². The number of aliphatic imine (C=N–C) groups is 1. The molecule has 3 N–H and O–H groups in total. The topological polar surface area (TPSA) is 79.7 Å². The van der Waals surface area contributed by atoms with Crippen LogP contribution in [0.1, 0.15) is 39.8 Å². The molecule has 0 aliphatic rings. The normalized spacial score (nSPS) is 11.6. The Labute approximate surface area is 188 Å². The zero-order valence-corrected chi connectivity index (χ0v) is 20.3. The van der Waals surface area contributed by atoms with Crippen LogP contribution in [0.3, 0.4) is 0 Å². The lowest BCUT2D eigenvalue weighted by molar-refractivity contribution is 0.0527. The maximum atomic E-state index is 11.6. The second kappa shape index (κ2) is 12.6. The smallest absolute Gasteiger partial charge is 0.407 e. The fourth-order valence-electron chi connectivity index (χ4n) is 2.04. The summed E-state index contributed by atoms with van der Waals surface area (Å²) >= 11 is 12.1. The molecule has 1 amide bonds. The second-order valence-electron chi connectivity index (χ2n) is 6.74. The first-order valence-electron chi connectivity index (χ1n) is 8.62. The van der Waals surface area contributed by atoms with Crippen molar-refractivity contribution in [1.82, 2.24) is 20.5 Å². The number of ether oxygens (including phenoxy) is 1. The van der Waals surface area contributed by atoms with Crippen molar-refractivity contribution in [2.24, 2.45) is 12.0 Å². The molecule has 7 nitrogen and oxygen atoms in total. The molecule has 0 aliphatic heterocycles. The third-order valence-electron chi connectivity index (χ3n) is 3.27. The molecule has 0 aliphatic carbocycles. The number of halogens is 3. The highest BCUT2D eigenvalue weighted by molar-refractivity contribution is 14.0. The summed E-state index contributed by atoms with van der Waals surface area (Å²) in [5, 5.41) is 10.1. The highest BCUT2D eigenvalue weighted by atomic mass is 127. The molecule has 0 aromatic carbocycles. The number of hydrogen-bond acceptors (Lipinski definition) is 3. The van der Waals surface area contributed by atoms with Crippen LogP contribution < -0.4 is 16.0 Å². The number of alkyl carbamates (subject to hydrolysis) is 1. The van der Waals surface area contributed by atoms with Crippen molar-refractivity contribution in [3.63, 3.8) is 0 Å². The van der Waals surface area contributed by atoms with Crippen LogP contribution in [0.2, 0.25) is 10.2 Å². The number of nitrogens with one attached hydrogen (secondary N) is 3. The number of hydrogen-bond donors (Lipinski definition) is 3. The van der Waals surface area contributed by atoms with E-state index in [1.54, 1.807) is 0 Å². The Morgan fingerprint density at radius 1 is 1.22 bits per heavy atom. The zero-order chi connectivity index (χ0) is 19.7. The number of nitrogens with zero attached hydrogens (tertiary/aromatic N) is 2. The van der Waals surface area contributed by atoms with Crippen LogP contribution in [0.15, 0.2) is 11.1 Å². The number of aromatic nitrogens is 1. The summed E-state index contributed by atoms with van der Waals surface area (Å²) in [5.41, 5.74) is 0.430. The summed E-state index contributed by atoms with van der Waals surface area (Å²) in [4.78, 5) is 16.1. The fourth-order valence-corrected chi connectivity index (χ4v) is 2.46. The summed E-state index contributed by atoms with van der Waals surface area (Å²) in [5.74, 6) is 0.693. The monoisotopic (exact) mass is 533 g/mol. The Balaban J connectivity index is 0.00000676. The van der Waals surface area contributed by atoms with Crippen LogP contribution in [0.5, 0.6) is 0 Å². The van der Waals surface area contributed by atoms with Gasteiger partial charge >= 0.3 is 6.09 Å². The molecule has 0 radical (unpaired) electrons. The van der Waals surface area contributed by atoms with Gasteiger partial charge in [-0.25, -0.2) is 9.79 Å². The zero-order valence-electron chi connectivity index (χ0n) is 16.5. The van der Waals surface area contributed by atoms with E-state index < -0.39 is 11.7 Å². The second-order valence-corrected chi connectivity index (χ2v) is 7.50. The van der Waals surface area contributed by atoms with Gasteiger partial charge in [-0.15, -0.1) is 24.0 Å². The summed E-state index contributed by atoms with van der Waals surface area (Å²) in [6.07, 6.45) is 0.335. The quantitative estimate of drug-likeness (QED) is 0.215. The molecule has 0 bridgehead atoms. The SMILES string of the molecule is CCNC(=NCc1cc(Cl)c(Cl)n1C)NCCCNC(=O)OC(C)(C)C.I. The van der Waals surface area contributed by atoms with E-state index in [4.69, 9.17) is 27.9 Å². The van der Waals surface area contributed by atoms with Crippen molar-refractivity contribution < 1.29 is 9.53 Å². The summed E-state index contributed by atoms with van der Waals surface area (Å²) < 4.78 is 6.99. The molecule has 0 saturated carbocycles. The highest BCUT2D eigenvalue weighted by Crippen LogP contribution is 2.25. The molecule has 27 heavy (non-hydrogen) atoms. The number of guanidine groups is 1. The van der Waals surface area contributed by atoms with E-state index >= 15 is 0 Å². The van der Waals surface area contributed by atoms with Crippen LogP contribution in [-0.4, -0.2) is 41.9 Å². The van der Waals surface area contributed by atoms with E-state index in [9.17, 15) is 4.79 Å². The average Bonchev–Trinajstić information content (AvgIpc) is 2.77. The van der Waals surface area contributed by atoms with E-state index in [1.165, 1.54) is 0 Å². The van der Waals surface area contributed by atoms with Gasteiger partial charge in [0, 0.05) is 32.4 Å². The third kappa shape index (κ3) is 10.3. The standard InChI is InChI=1S/C17H29Cl2N5O2.HI/c1-6-20-15(23-11-12-10-13(18)14(19)24(12)5)21-8-7-9-22-16(25)26-17(2,3)4;/h10H,6-9,11H2,1-5H3,(H,22,25)(H2,20,21,23);1H. The molecule has 10 heteroatoms. The minimum absolute atomic E-state index is 0. The fraction of sp³-hybridized carbons (Fsp3) is 0.647. The molecule has 0 spiro atoms. The van der Waals surface area contributed by atoms with E-state index in [2.05, 4.69) is 20.9 Å². The van der Waals surface area contributed by atoms with Gasteiger partial charge in [-0.05, 0) is 40.2 Å². The van der Waals surface area contributed by atoms with Crippen LogP contribution >= 0.6 is 47.2 Å². The van der Waals surface area contributed by atoms with Crippen LogP contribution in [0.4, 0.5) is 4.79 Å². The van der Waals surface area contributed by atoms with Crippen LogP contribution in [0.25, 0.3) is 0 Å². The van der Waals surface area contributed by atoms with Crippen molar-refractivity contribution in [1.29, 1.82) is 0 Å². The molecular weight excluding hydrogens is 504 g/mol. The molecule has 1 aromatic heterocycles. The molecule has 156 valence electrons. The van der Waals surface area contributed by atoms with Gasteiger partial charge in [-0.3, -0.25) is 0 Å². The Kier molecular flexibility index (Phi) is 12.2. The van der Waals surface area contributed by atoms with Gasteiger partial charge in [0.05, 0.1) is 11.6 Å². The molecule has 0 fully saturated rings. The first-order valence-corrected chi connectivity index (χ1v) is 9.38. The van der Waals surface area contributed by atoms with Gasteiger partial charge in [0.25, 0.3) is 0 Å². The molecule has 0 atom stereocenters. The Morgan fingerprint density at radius 3 is 2.37 bits per heavy atom. The lowest BCUT2D eigenvalue weighted by Gasteiger charge is -2.19. The largest absolute Gasteiger partial charge is 0.444 e. The summed E-state index contributed by atoms with van der Waals surface area (Å²) in [7, 11) is 1.85. The Hall–Kier alpha value is -0.870. The summed E-state index contributed by atoms with van der Waals surface area (Å²) in [6.45, 7) is 9.88. The van der Waals surface area contributed by atoms with Crippen LogP contribution in [-0.2, 0) is 18.3 Å². The minimum Gasteiger partial charge on any atom is -0.444 e. The minimum atomic E-state index is -0.490. The van der Waals surface area contributed by atoms with E-state index in [0.29, 0.717) is 35.8 Å². The third-order valence-corrected chi connectivity index (χ3v) is 4.12. The van der Waals surface area contributed by atoms with Gasteiger partial charge in [0.15, 0.2) is 5.96 Å². The lowest BCUT2D eigenvalue weighted by Crippen LogP contribution is -2.39. The Morgan fingerprint density at radius 2 is 1.85 bits per heavy atom. The van der Waals surface area contributed by atoms with Crippen molar-refractivity contribution >= 4 is 59.2 Å². The maximum absolute atomic E-state index is 11.6. The molecule has 1 aromatic rings. The van der Waals surface area contributed by atoms with E-state index in [0.717, 1.165) is 18.7 Å². The van der Waals surface area contributed by atoms with Gasteiger partial charge in [-0.2, -0.15) is 0 Å². The Bertz CT molecular complexity index is 630. The van der Waals surface area contributed by atoms with Crippen molar-refractivity contribution in [3.05, 3.63) is 21.9 Å². The van der Waals surface area contributed by atoms with Crippen molar-refractivity contribution in [3.8, 4) is 0 Å². The average molecular weight is 534 g/mol.